The summed E-state index contributed by atoms with van der Waals surface area (Å²) in [6, 6.07) is 9.07. The van der Waals surface area contributed by atoms with Crippen molar-refractivity contribution < 1.29 is 13.2 Å². The highest BCUT2D eigenvalue weighted by molar-refractivity contribution is 5.60. The molecule has 0 saturated carbocycles. The second kappa shape index (κ2) is 4.95. The predicted octanol–water partition coefficient (Wildman–Crippen LogP) is 4.10. The number of halogens is 3. The van der Waals surface area contributed by atoms with Gasteiger partial charge in [-0.05, 0) is 16.7 Å². The first-order chi connectivity index (χ1) is 9.00. The molecule has 0 spiro atoms. The number of benzene rings is 1. The first-order valence-electron chi connectivity index (χ1n) is 5.07. The van der Waals surface area contributed by atoms with E-state index < -0.39 is 17.8 Å². The van der Waals surface area contributed by atoms with Gasteiger partial charge in [-0.15, -0.1) is 0 Å². The molecular formula is C11H6F3N5. The van der Waals surface area contributed by atoms with Gasteiger partial charge < -0.3 is 0 Å². The van der Waals surface area contributed by atoms with Crippen LogP contribution in [-0.2, 0) is 6.18 Å². The number of hydrogen-bond donors (Lipinski definition) is 0. The molecule has 2 aromatic rings. The van der Waals surface area contributed by atoms with E-state index in [1.807, 2.05) is 0 Å². The second-order valence-electron chi connectivity index (χ2n) is 3.49. The molecule has 1 aromatic heterocycles. The summed E-state index contributed by atoms with van der Waals surface area (Å²) in [6.45, 7) is 0. The van der Waals surface area contributed by atoms with Crippen LogP contribution in [0.2, 0.25) is 0 Å². The molecule has 0 radical (unpaired) electrons. The average Bonchev–Trinajstić information content (AvgIpc) is 2.39. The topological polar surface area (TPSA) is 74.5 Å². The molecule has 0 N–H and O–H groups in total. The van der Waals surface area contributed by atoms with Gasteiger partial charge >= 0.3 is 6.18 Å². The Morgan fingerprint density at radius 1 is 1.11 bits per heavy atom. The third kappa shape index (κ3) is 2.99. The summed E-state index contributed by atoms with van der Waals surface area (Å²) in [5.41, 5.74) is 7.65. The molecule has 0 bridgehead atoms. The summed E-state index contributed by atoms with van der Waals surface area (Å²) >= 11 is 0. The molecule has 96 valence electrons. The van der Waals surface area contributed by atoms with Crippen LogP contribution in [0.3, 0.4) is 0 Å². The molecule has 0 saturated heterocycles. The normalized spacial score (nSPS) is 10.9. The highest BCUT2D eigenvalue weighted by Gasteiger charge is 2.33. The molecule has 0 aliphatic rings. The minimum Gasteiger partial charge on any atom is -0.227 e. The number of rotatable bonds is 2. The smallest absolute Gasteiger partial charge is 0.227 e. The number of azide groups is 1. The van der Waals surface area contributed by atoms with E-state index in [0.29, 0.717) is 5.56 Å². The van der Waals surface area contributed by atoms with Crippen LogP contribution in [-0.4, -0.2) is 9.97 Å². The minimum absolute atomic E-state index is 0.0466. The van der Waals surface area contributed by atoms with Gasteiger partial charge in [-0.2, -0.15) is 13.2 Å². The molecule has 0 aliphatic carbocycles. The summed E-state index contributed by atoms with van der Waals surface area (Å²) < 4.78 is 38.0. The van der Waals surface area contributed by atoms with Gasteiger partial charge in [-0.25, -0.2) is 9.97 Å². The molecular weight excluding hydrogens is 259 g/mol. The maximum absolute atomic E-state index is 12.7. The summed E-state index contributed by atoms with van der Waals surface area (Å²) in [4.78, 5) is 9.34. The van der Waals surface area contributed by atoms with Gasteiger partial charge in [-0.3, -0.25) is 0 Å². The van der Waals surface area contributed by atoms with Crippen LogP contribution in [0.5, 0.6) is 0 Å². The van der Waals surface area contributed by atoms with Crippen LogP contribution < -0.4 is 0 Å². The van der Waals surface area contributed by atoms with Crippen molar-refractivity contribution in [3.8, 4) is 11.3 Å². The molecule has 0 amide bonds. The highest BCUT2D eigenvalue weighted by atomic mass is 19.4. The van der Waals surface area contributed by atoms with Crippen molar-refractivity contribution in [2.75, 3.05) is 0 Å². The first kappa shape index (κ1) is 12.8. The van der Waals surface area contributed by atoms with Crippen LogP contribution in [0.1, 0.15) is 5.69 Å². The Balaban J connectivity index is 2.61. The van der Waals surface area contributed by atoms with Gasteiger partial charge in [0.05, 0.1) is 5.69 Å². The molecule has 5 nitrogen and oxygen atoms in total. The van der Waals surface area contributed by atoms with Gasteiger partial charge in [0.2, 0.25) is 5.95 Å². The van der Waals surface area contributed by atoms with Crippen molar-refractivity contribution in [2.45, 2.75) is 6.18 Å². The van der Waals surface area contributed by atoms with Crippen molar-refractivity contribution in [2.24, 2.45) is 5.11 Å². The lowest BCUT2D eigenvalue weighted by atomic mass is 10.1. The largest absolute Gasteiger partial charge is 0.433 e. The molecule has 8 heteroatoms. The summed E-state index contributed by atoms with van der Waals surface area (Å²) in [5, 5.41) is 3.03. The zero-order chi connectivity index (χ0) is 13.9. The highest BCUT2D eigenvalue weighted by Crippen LogP contribution is 2.31. The fourth-order valence-electron chi connectivity index (χ4n) is 1.42. The Kier molecular flexibility index (Phi) is 3.35. The Hall–Kier alpha value is -2.60. The summed E-state index contributed by atoms with van der Waals surface area (Å²) in [5.74, 6) is -0.559. The fraction of sp³-hybridized carbons (Fsp3) is 0.0909. The Labute approximate surface area is 105 Å². The fourth-order valence-corrected chi connectivity index (χ4v) is 1.42. The number of nitrogens with zero attached hydrogens (tertiary/aromatic N) is 5. The SMILES string of the molecule is [N-]=[N+]=Nc1nc(-c2ccccc2)cc(C(F)(F)F)n1. The quantitative estimate of drug-likeness (QED) is 0.465. The molecule has 0 atom stereocenters. The summed E-state index contributed by atoms with van der Waals surface area (Å²) in [7, 11) is 0. The van der Waals surface area contributed by atoms with Gasteiger partial charge in [0.25, 0.3) is 0 Å². The average molecular weight is 265 g/mol. The van der Waals surface area contributed by atoms with E-state index in [1.165, 1.54) is 0 Å². The molecule has 19 heavy (non-hydrogen) atoms. The lowest BCUT2D eigenvalue weighted by Gasteiger charge is -2.08. The molecule has 0 fully saturated rings. The monoisotopic (exact) mass is 265 g/mol. The van der Waals surface area contributed by atoms with Crippen LogP contribution in [0.15, 0.2) is 41.5 Å². The Bertz CT molecular complexity index is 633. The standard InChI is InChI=1S/C11H6F3N5/c12-11(13,14)9-6-8(7-4-2-1-3-5-7)16-10(17-9)18-19-15/h1-6H. The molecule has 0 aliphatic heterocycles. The molecule has 1 aromatic carbocycles. The van der Waals surface area contributed by atoms with E-state index in [1.54, 1.807) is 30.3 Å². The lowest BCUT2D eigenvalue weighted by molar-refractivity contribution is -0.141. The van der Waals surface area contributed by atoms with Gasteiger partial charge in [0.15, 0.2) is 0 Å². The first-order valence-corrected chi connectivity index (χ1v) is 5.07. The van der Waals surface area contributed by atoms with Crippen molar-refractivity contribution in [1.29, 1.82) is 0 Å². The zero-order valence-corrected chi connectivity index (χ0v) is 9.33. The molecule has 2 rings (SSSR count). The Morgan fingerprint density at radius 3 is 2.37 bits per heavy atom. The van der Waals surface area contributed by atoms with E-state index >= 15 is 0 Å². The van der Waals surface area contributed by atoms with Crippen LogP contribution in [0.4, 0.5) is 19.1 Å². The van der Waals surface area contributed by atoms with Gasteiger partial charge in [0, 0.05) is 10.5 Å². The van der Waals surface area contributed by atoms with Crippen molar-refractivity contribution in [3.05, 3.63) is 52.5 Å². The zero-order valence-electron chi connectivity index (χ0n) is 9.33. The van der Waals surface area contributed by atoms with Crippen molar-refractivity contribution >= 4 is 5.95 Å². The van der Waals surface area contributed by atoms with E-state index in [4.69, 9.17) is 5.53 Å². The van der Waals surface area contributed by atoms with Crippen LogP contribution >= 0.6 is 0 Å². The van der Waals surface area contributed by atoms with Crippen LogP contribution in [0.25, 0.3) is 21.7 Å². The van der Waals surface area contributed by atoms with E-state index in [2.05, 4.69) is 20.0 Å². The number of aromatic nitrogens is 2. The van der Waals surface area contributed by atoms with Gasteiger partial charge in [-0.1, -0.05) is 30.3 Å². The second-order valence-corrected chi connectivity index (χ2v) is 3.49. The van der Waals surface area contributed by atoms with Gasteiger partial charge in [0.1, 0.15) is 5.69 Å². The van der Waals surface area contributed by atoms with E-state index in [-0.39, 0.29) is 5.69 Å². The molecule has 1 heterocycles. The predicted molar refractivity (Wildman–Crippen MR) is 61.3 cm³/mol. The number of alkyl halides is 3. The third-order valence-electron chi connectivity index (χ3n) is 2.21. The minimum atomic E-state index is -4.63. The maximum Gasteiger partial charge on any atom is 0.433 e. The lowest BCUT2D eigenvalue weighted by Crippen LogP contribution is -2.08. The molecule has 0 unspecified atom stereocenters. The van der Waals surface area contributed by atoms with Crippen LogP contribution in [0, 0.1) is 0 Å². The van der Waals surface area contributed by atoms with E-state index in [9.17, 15) is 13.2 Å². The summed E-state index contributed by atoms with van der Waals surface area (Å²) in [6.07, 6.45) is -4.63. The maximum atomic E-state index is 12.7. The van der Waals surface area contributed by atoms with Crippen molar-refractivity contribution in [3.63, 3.8) is 0 Å². The van der Waals surface area contributed by atoms with E-state index in [0.717, 1.165) is 6.07 Å². The van der Waals surface area contributed by atoms with Crippen molar-refractivity contribution in [1.82, 2.24) is 9.97 Å². The third-order valence-corrected chi connectivity index (χ3v) is 2.21. The number of hydrogen-bond acceptors (Lipinski definition) is 3. The Morgan fingerprint density at radius 2 is 1.79 bits per heavy atom.